The molecule has 0 bridgehead atoms. The number of nitrogens with one attached hydrogen (secondary N) is 4. The van der Waals surface area contributed by atoms with Gasteiger partial charge in [0.15, 0.2) is 0 Å². The van der Waals surface area contributed by atoms with Gasteiger partial charge in [-0.3, -0.25) is 9.78 Å². The van der Waals surface area contributed by atoms with Crippen LogP contribution in [0.5, 0.6) is 0 Å². The first-order valence-corrected chi connectivity index (χ1v) is 8.43. The zero-order valence-electron chi connectivity index (χ0n) is 11.7. The van der Waals surface area contributed by atoms with E-state index in [4.69, 9.17) is 0 Å². The minimum atomic E-state index is -3.71. The van der Waals surface area contributed by atoms with Crippen molar-refractivity contribution in [3.05, 3.63) is 39.0 Å². The number of piperidine rings is 1. The van der Waals surface area contributed by atoms with Gasteiger partial charge in [-0.05, 0) is 37.6 Å². The number of benzene rings is 1. The largest absolute Gasteiger partial charge is 0.326 e. The molecule has 0 aliphatic carbocycles. The van der Waals surface area contributed by atoms with Gasteiger partial charge in [0.25, 0.3) is 5.56 Å². The van der Waals surface area contributed by atoms with Crippen molar-refractivity contribution in [1.29, 1.82) is 0 Å². The highest BCUT2D eigenvalue weighted by Crippen LogP contribution is 2.15. The number of hydrogen-bond donors (Lipinski definition) is 4. The van der Waals surface area contributed by atoms with E-state index in [9.17, 15) is 18.0 Å². The van der Waals surface area contributed by atoms with Gasteiger partial charge in [-0.1, -0.05) is 0 Å². The molecule has 1 aliphatic rings. The summed E-state index contributed by atoms with van der Waals surface area (Å²) in [7, 11) is -3.71. The second-order valence-electron chi connectivity index (χ2n) is 5.28. The summed E-state index contributed by atoms with van der Waals surface area (Å²) in [6.07, 6.45) is 1.68. The van der Waals surface area contributed by atoms with Crippen LogP contribution < -0.4 is 21.3 Å². The normalized spacial score (nSPS) is 19.4. The minimum Gasteiger partial charge on any atom is -0.315 e. The molecule has 8 nitrogen and oxygen atoms in total. The Bertz CT molecular complexity index is 910. The van der Waals surface area contributed by atoms with Crippen LogP contribution in [-0.4, -0.2) is 37.5 Å². The molecule has 2 aromatic rings. The van der Waals surface area contributed by atoms with Crippen LogP contribution in [0.2, 0.25) is 0 Å². The van der Waals surface area contributed by atoms with Crippen LogP contribution in [0, 0.1) is 0 Å². The molecule has 118 valence electrons. The second-order valence-corrected chi connectivity index (χ2v) is 6.99. The highest BCUT2D eigenvalue weighted by atomic mass is 32.2. The van der Waals surface area contributed by atoms with Crippen molar-refractivity contribution in [2.75, 3.05) is 13.1 Å². The molecule has 2 heterocycles. The molecule has 1 aliphatic heterocycles. The number of aromatic amines is 2. The van der Waals surface area contributed by atoms with E-state index in [0.29, 0.717) is 12.1 Å². The lowest BCUT2D eigenvalue weighted by Gasteiger charge is -2.23. The Hall–Kier alpha value is -1.97. The average Bonchev–Trinajstić information content (AvgIpc) is 2.47. The second kappa shape index (κ2) is 5.67. The fourth-order valence-corrected chi connectivity index (χ4v) is 3.85. The van der Waals surface area contributed by atoms with Gasteiger partial charge in [0, 0.05) is 12.6 Å². The van der Waals surface area contributed by atoms with Crippen molar-refractivity contribution >= 4 is 20.9 Å². The number of fused-ring (bicyclic) bond motifs is 1. The predicted molar refractivity (Wildman–Crippen MR) is 81.4 cm³/mol. The SMILES string of the molecule is O=c1[nH]c(=O)c2cc(S(=O)(=O)NC3CCCNC3)ccc2[nH]1. The van der Waals surface area contributed by atoms with E-state index in [1.807, 2.05) is 0 Å². The first-order chi connectivity index (χ1) is 10.5. The fraction of sp³-hybridized carbons (Fsp3) is 0.385. The summed E-state index contributed by atoms with van der Waals surface area (Å²) in [5, 5.41) is 3.26. The van der Waals surface area contributed by atoms with Gasteiger partial charge in [0.2, 0.25) is 10.0 Å². The molecule has 1 atom stereocenters. The summed E-state index contributed by atoms with van der Waals surface area (Å²) in [5.41, 5.74) is -0.943. The zero-order valence-corrected chi connectivity index (χ0v) is 12.5. The molecule has 1 unspecified atom stereocenters. The summed E-state index contributed by atoms with van der Waals surface area (Å²) in [6, 6.07) is 3.89. The molecule has 4 N–H and O–H groups in total. The van der Waals surface area contributed by atoms with Crippen molar-refractivity contribution < 1.29 is 8.42 Å². The summed E-state index contributed by atoms with van der Waals surface area (Å²) in [6.45, 7) is 1.47. The predicted octanol–water partition coefficient (Wildman–Crippen LogP) is -0.753. The maximum absolute atomic E-state index is 12.4. The lowest BCUT2D eigenvalue weighted by molar-refractivity contribution is 0.428. The molecule has 0 amide bonds. The third-order valence-electron chi connectivity index (χ3n) is 3.64. The summed E-state index contributed by atoms with van der Waals surface area (Å²) < 4.78 is 27.4. The van der Waals surface area contributed by atoms with Crippen molar-refractivity contribution in [2.24, 2.45) is 0 Å². The van der Waals surface area contributed by atoms with Crippen molar-refractivity contribution in [3.63, 3.8) is 0 Å². The van der Waals surface area contributed by atoms with Crippen LogP contribution in [0.4, 0.5) is 0 Å². The Balaban J connectivity index is 1.98. The number of H-pyrrole nitrogens is 2. The monoisotopic (exact) mass is 324 g/mol. The third kappa shape index (κ3) is 2.96. The molecule has 9 heteroatoms. The topological polar surface area (TPSA) is 124 Å². The Labute approximate surface area is 126 Å². The Morgan fingerprint density at radius 2 is 2.00 bits per heavy atom. The van der Waals surface area contributed by atoms with E-state index in [1.54, 1.807) is 0 Å². The molecule has 1 saturated heterocycles. The standard InChI is InChI=1S/C13H16N4O4S/c18-12-10-6-9(3-4-11(10)15-13(19)16-12)22(20,21)17-8-2-1-5-14-7-8/h3-4,6,8,14,17H,1-2,5,7H2,(H2,15,16,18,19). The molecule has 0 saturated carbocycles. The van der Waals surface area contributed by atoms with Crippen molar-refractivity contribution in [2.45, 2.75) is 23.8 Å². The van der Waals surface area contributed by atoms with E-state index in [0.717, 1.165) is 19.4 Å². The van der Waals surface area contributed by atoms with Crippen LogP contribution in [0.15, 0.2) is 32.7 Å². The number of aromatic nitrogens is 2. The van der Waals surface area contributed by atoms with Gasteiger partial charge in [-0.2, -0.15) is 0 Å². The zero-order chi connectivity index (χ0) is 15.7. The lowest BCUT2D eigenvalue weighted by atomic mass is 10.1. The molecule has 0 radical (unpaired) electrons. The van der Waals surface area contributed by atoms with Gasteiger partial charge in [0.05, 0.1) is 15.8 Å². The molecular formula is C13H16N4O4S. The van der Waals surface area contributed by atoms with Crippen LogP contribution >= 0.6 is 0 Å². The van der Waals surface area contributed by atoms with Gasteiger partial charge in [-0.15, -0.1) is 0 Å². The quantitative estimate of drug-likeness (QED) is 0.591. The van der Waals surface area contributed by atoms with E-state index in [2.05, 4.69) is 20.0 Å². The van der Waals surface area contributed by atoms with Crippen molar-refractivity contribution in [3.8, 4) is 0 Å². The maximum Gasteiger partial charge on any atom is 0.326 e. The fourth-order valence-electron chi connectivity index (χ4n) is 2.55. The van der Waals surface area contributed by atoms with Gasteiger partial charge >= 0.3 is 5.69 Å². The Morgan fingerprint density at radius 3 is 2.73 bits per heavy atom. The van der Waals surface area contributed by atoms with Crippen LogP contribution in [-0.2, 0) is 10.0 Å². The van der Waals surface area contributed by atoms with Gasteiger partial charge < -0.3 is 10.3 Å². The minimum absolute atomic E-state index is 0.00289. The number of sulfonamides is 1. The van der Waals surface area contributed by atoms with E-state index < -0.39 is 21.3 Å². The van der Waals surface area contributed by atoms with Crippen LogP contribution in [0.1, 0.15) is 12.8 Å². The molecule has 1 aromatic carbocycles. The first kappa shape index (κ1) is 14.9. The van der Waals surface area contributed by atoms with E-state index in [1.165, 1.54) is 18.2 Å². The molecule has 0 spiro atoms. The molecule has 1 aromatic heterocycles. The number of hydrogen-bond acceptors (Lipinski definition) is 5. The van der Waals surface area contributed by atoms with Crippen molar-refractivity contribution in [1.82, 2.24) is 20.0 Å². The third-order valence-corrected chi connectivity index (χ3v) is 5.16. The first-order valence-electron chi connectivity index (χ1n) is 6.95. The van der Waals surface area contributed by atoms with Crippen LogP contribution in [0.3, 0.4) is 0 Å². The number of rotatable bonds is 3. The van der Waals surface area contributed by atoms with Gasteiger partial charge in [-0.25, -0.2) is 17.9 Å². The molecule has 3 rings (SSSR count). The highest BCUT2D eigenvalue weighted by Gasteiger charge is 2.22. The Kier molecular flexibility index (Phi) is 3.85. The molecule has 1 fully saturated rings. The molecular weight excluding hydrogens is 308 g/mol. The summed E-state index contributed by atoms with van der Waals surface area (Å²) in [4.78, 5) is 27.5. The van der Waals surface area contributed by atoms with E-state index in [-0.39, 0.29) is 16.3 Å². The van der Waals surface area contributed by atoms with E-state index >= 15 is 0 Å². The Morgan fingerprint density at radius 1 is 1.18 bits per heavy atom. The summed E-state index contributed by atoms with van der Waals surface area (Å²) >= 11 is 0. The average molecular weight is 324 g/mol. The van der Waals surface area contributed by atoms with Gasteiger partial charge in [0.1, 0.15) is 0 Å². The van der Waals surface area contributed by atoms with Crippen LogP contribution in [0.25, 0.3) is 10.9 Å². The lowest BCUT2D eigenvalue weighted by Crippen LogP contribution is -2.45. The highest BCUT2D eigenvalue weighted by molar-refractivity contribution is 7.89. The molecule has 22 heavy (non-hydrogen) atoms. The smallest absolute Gasteiger partial charge is 0.315 e. The summed E-state index contributed by atoms with van der Waals surface area (Å²) in [5.74, 6) is 0. The maximum atomic E-state index is 12.4.